The van der Waals surface area contributed by atoms with E-state index in [1.807, 2.05) is 0 Å². The zero-order chi connectivity index (χ0) is 32.2. The lowest BCUT2D eigenvalue weighted by Crippen LogP contribution is -2.34. The molecule has 45 heavy (non-hydrogen) atoms. The van der Waals surface area contributed by atoms with Crippen LogP contribution in [0.25, 0.3) is 0 Å². The second kappa shape index (κ2) is 17.0. The Morgan fingerprint density at radius 1 is 0.667 bits per heavy atom. The third-order valence-corrected chi connectivity index (χ3v) is 8.08. The van der Waals surface area contributed by atoms with Crippen molar-refractivity contribution in [2.45, 2.75) is 38.2 Å². The Bertz CT molecular complexity index is 1260. The number of cyclic esters (lactones) is 1. The largest absolute Gasteiger partial charge is 0.493 e. The predicted octanol–water partition coefficient (Wildman–Crippen LogP) is 4.07. The summed E-state index contributed by atoms with van der Waals surface area (Å²) in [5, 5.41) is 0. The zero-order valence-corrected chi connectivity index (χ0v) is 27.1. The van der Waals surface area contributed by atoms with E-state index in [1.54, 1.807) is 24.3 Å². The van der Waals surface area contributed by atoms with Crippen LogP contribution in [0, 0.1) is 0 Å². The van der Waals surface area contributed by atoms with Gasteiger partial charge in [-0.1, -0.05) is 0 Å². The smallest absolute Gasteiger partial charge is 0.338 e. The summed E-state index contributed by atoms with van der Waals surface area (Å²) in [7, 11) is 7.55. The summed E-state index contributed by atoms with van der Waals surface area (Å²) in [6, 6.07) is 6.40. The maximum Gasteiger partial charge on any atom is 0.338 e. The molecule has 2 aromatic carbocycles. The van der Waals surface area contributed by atoms with Gasteiger partial charge in [0.15, 0.2) is 23.0 Å². The normalized spacial score (nSPS) is 21.4. The molecule has 12 nitrogen and oxygen atoms in total. The monoisotopic (exact) mass is 630 g/mol. The second-order valence-corrected chi connectivity index (χ2v) is 11.0. The summed E-state index contributed by atoms with van der Waals surface area (Å²) in [5.74, 6) is 1.37. The van der Waals surface area contributed by atoms with Crippen LogP contribution < -0.4 is 28.4 Å². The van der Waals surface area contributed by atoms with E-state index in [0.29, 0.717) is 78.1 Å². The summed E-state index contributed by atoms with van der Waals surface area (Å²) in [4.78, 5) is 31.2. The van der Waals surface area contributed by atoms with Gasteiger partial charge in [0.2, 0.25) is 11.5 Å². The molecule has 12 heteroatoms. The summed E-state index contributed by atoms with van der Waals surface area (Å²) in [5.41, 5.74) is 0.630. The van der Waals surface area contributed by atoms with Gasteiger partial charge in [-0.3, -0.25) is 0 Å². The van der Waals surface area contributed by atoms with Gasteiger partial charge < -0.3 is 47.7 Å². The van der Waals surface area contributed by atoms with Crippen molar-refractivity contribution in [1.82, 2.24) is 9.80 Å². The molecule has 2 aromatic rings. The highest BCUT2D eigenvalue weighted by atomic mass is 16.6. The predicted molar refractivity (Wildman–Crippen MR) is 167 cm³/mol. The number of fused-ring (bicyclic) bond motifs is 5. The van der Waals surface area contributed by atoms with Crippen molar-refractivity contribution in [1.29, 1.82) is 0 Å². The van der Waals surface area contributed by atoms with Crippen LogP contribution in [-0.2, 0) is 9.47 Å². The number of carbonyl (C=O) groups is 2. The van der Waals surface area contributed by atoms with Gasteiger partial charge in [-0.2, -0.15) is 0 Å². The molecule has 4 bridgehead atoms. The lowest BCUT2D eigenvalue weighted by molar-refractivity contribution is 0.0221. The van der Waals surface area contributed by atoms with E-state index < -0.39 is 11.9 Å². The lowest BCUT2D eigenvalue weighted by atomic mass is 10.1. The van der Waals surface area contributed by atoms with Gasteiger partial charge in [0.1, 0.15) is 6.10 Å². The fraction of sp³-hybridized carbons (Fsp3) is 0.576. The number of hydrogen-bond donors (Lipinski definition) is 0. The minimum Gasteiger partial charge on any atom is -0.493 e. The summed E-state index contributed by atoms with van der Waals surface area (Å²) in [6.45, 7) is 6.07. The zero-order valence-electron chi connectivity index (χ0n) is 27.1. The third kappa shape index (κ3) is 9.07. The number of hydrogen-bond acceptors (Lipinski definition) is 12. The van der Waals surface area contributed by atoms with Crippen molar-refractivity contribution in [3.8, 4) is 34.5 Å². The molecule has 2 heterocycles. The number of methoxy groups -OCH3 is 5. The van der Waals surface area contributed by atoms with E-state index in [1.165, 1.54) is 35.5 Å². The van der Waals surface area contributed by atoms with Crippen LogP contribution in [0.4, 0.5) is 0 Å². The van der Waals surface area contributed by atoms with Gasteiger partial charge >= 0.3 is 11.9 Å². The first-order valence-electron chi connectivity index (χ1n) is 15.4. The Morgan fingerprint density at radius 3 is 1.91 bits per heavy atom. The van der Waals surface area contributed by atoms with Crippen LogP contribution in [-0.4, -0.2) is 116 Å². The number of nitrogens with zero attached hydrogens (tertiary/aromatic N) is 2. The molecule has 2 aliphatic heterocycles. The minimum atomic E-state index is -0.474. The quantitative estimate of drug-likeness (QED) is 0.411. The van der Waals surface area contributed by atoms with Crippen molar-refractivity contribution in [2.75, 3.05) is 88.0 Å². The van der Waals surface area contributed by atoms with Gasteiger partial charge in [-0.15, -0.1) is 0 Å². The summed E-state index contributed by atoms with van der Waals surface area (Å²) in [6.07, 6.45) is 3.24. The highest BCUT2D eigenvalue weighted by Crippen LogP contribution is 2.40. The third-order valence-electron chi connectivity index (χ3n) is 8.08. The topological polar surface area (TPSA) is 114 Å². The Balaban J connectivity index is 1.55. The van der Waals surface area contributed by atoms with E-state index >= 15 is 0 Å². The van der Waals surface area contributed by atoms with E-state index in [-0.39, 0.29) is 6.10 Å². The first-order valence-corrected chi connectivity index (χ1v) is 15.4. The molecule has 0 N–H and O–H groups in total. The van der Waals surface area contributed by atoms with Crippen LogP contribution in [0.3, 0.4) is 0 Å². The Kier molecular flexibility index (Phi) is 12.8. The standard InChI is InChI=1S/C33H46N2O10/c1-38-26-20-24(21-27(39-2)30(26)41-4)33(37)45-25-9-6-17-43-29-22-23(19-28(40-3)31(29)42-5)32(36)44-18-8-13-34-11-7-12-35(14-10-25)16-15-34/h19-22,25H,6-18H2,1-5H3/t25-/m0/s1. The first-order chi connectivity index (χ1) is 21.9. The molecule has 0 aromatic heterocycles. The molecule has 0 aliphatic carbocycles. The molecule has 4 rings (SSSR count). The number of ether oxygens (including phenoxy) is 8. The van der Waals surface area contributed by atoms with Gasteiger partial charge in [0.25, 0.3) is 0 Å². The first kappa shape index (κ1) is 34.0. The van der Waals surface area contributed by atoms with Crippen molar-refractivity contribution in [3.05, 3.63) is 35.4 Å². The van der Waals surface area contributed by atoms with E-state index in [4.69, 9.17) is 37.9 Å². The Morgan fingerprint density at radius 2 is 1.27 bits per heavy atom. The maximum atomic E-state index is 13.4. The number of benzene rings is 2. The highest BCUT2D eigenvalue weighted by Gasteiger charge is 2.24. The molecular weight excluding hydrogens is 584 g/mol. The van der Waals surface area contributed by atoms with Gasteiger partial charge in [0, 0.05) is 26.2 Å². The number of rotatable bonds is 7. The van der Waals surface area contributed by atoms with Crippen LogP contribution in [0.5, 0.6) is 34.5 Å². The van der Waals surface area contributed by atoms with Gasteiger partial charge in [-0.05, 0) is 69.5 Å². The van der Waals surface area contributed by atoms with Gasteiger partial charge in [-0.25, -0.2) is 9.59 Å². The van der Waals surface area contributed by atoms with Crippen molar-refractivity contribution in [3.63, 3.8) is 0 Å². The van der Waals surface area contributed by atoms with Crippen LogP contribution in [0.15, 0.2) is 24.3 Å². The minimum absolute atomic E-state index is 0.301. The molecular formula is C33H46N2O10. The molecule has 0 amide bonds. The van der Waals surface area contributed by atoms with Gasteiger partial charge in [0.05, 0.1) is 59.9 Å². The maximum absolute atomic E-state index is 13.4. The average Bonchev–Trinajstić information content (AvgIpc) is 3.30. The molecule has 1 fully saturated rings. The SMILES string of the molecule is COc1cc(C(=O)O[C@H]2CCCOc3cc(cc(OC)c3OC)C(=O)OCCCN3CCCN(CC2)CC3)cc(OC)c1OC. The number of carbonyl (C=O) groups excluding carboxylic acids is 2. The molecule has 248 valence electrons. The van der Waals surface area contributed by atoms with Crippen LogP contribution in [0.1, 0.15) is 52.8 Å². The van der Waals surface area contributed by atoms with E-state index in [0.717, 1.165) is 52.1 Å². The Hall–Kier alpha value is -3.90. The van der Waals surface area contributed by atoms with Crippen LogP contribution >= 0.6 is 0 Å². The fourth-order valence-corrected chi connectivity index (χ4v) is 5.66. The second-order valence-electron chi connectivity index (χ2n) is 11.0. The molecule has 3 atom stereocenters. The van der Waals surface area contributed by atoms with Crippen molar-refractivity contribution >= 4 is 11.9 Å². The highest BCUT2D eigenvalue weighted by molar-refractivity contribution is 5.92. The molecule has 1 saturated heterocycles. The summed E-state index contributed by atoms with van der Waals surface area (Å²) < 4.78 is 45.1. The molecule has 2 unspecified atom stereocenters. The average molecular weight is 631 g/mol. The van der Waals surface area contributed by atoms with E-state index in [2.05, 4.69) is 9.80 Å². The van der Waals surface area contributed by atoms with Crippen molar-refractivity contribution in [2.24, 2.45) is 0 Å². The Labute approximate surface area is 265 Å². The summed E-state index contributed by atoms with van der Waals surface area (Å²) >= 11 is 0. The molecule has 2 aliphatic rings. The molecule has 0 spiro atoms. The van der Waals surface area contributed by atoms with E-state index in [9.17, 15) is 9.59 Å². The fourth-order valence-electron chi connectivity index (χ4n) is 5.66. The van der Waals surface area contributed by atoms with Crippen molar-refractivity contribution < 1.29 is 47.5 Å². The lowest BCUT2D eigenvalue weighted by Gasteiger charge is -2.25. The number of esters is 2. The molecule has 0 saturated carbocycles. The van der Waals surface area contributed by atoms with Crippen LogP contribution in [0.2, 0.25) is 0 Å². The molecule has 0 radical (unpaired) electrons.